The number of halogens is 1. The van der Waals surface area contributed by atoms with Crippen LogP contribution < -0.4 is 10.1 Å². The van der Waals surface area contributed by atoms with Crippen molar-refractivity contribution in [1.82, 2.24) is 5.32 Å². The van der Waals surface area contributed by atoms with Gasteiger partial charge in [-0.2, -0.15) is 0 Å². The van der Waals surface area contributed by atoms with E-state index in [2.05, 4.69) is 12.2 Å². The van der Waals surface area contributed by atoms with Crippen molar-refractivity contribution in [2.24, 2.45) is 0 Å². The van der Waals surface area contributed by atoms with Gasteiger partial charge >= 0.3 is 0 Å². The van der Waals surface area contributed by atoms with Crippen molar-refractivity contribution in [3.05, 3.63) is 59.4 Å². The minimum atomic E-state index is -0.251. The van der Waals surface area contributed by atoms with Gasteiger partial charge in [0.25, 0.3) is 0 Å². The summed E-state index contributed by atoms with van der Waals surface area (Å²) >= 11 is 0. The molecule has 0 aromatic heterocycles. The first-order valence-electron chi connectivity index (χ1n) is 6.42. The molecule has 100 valence electrons. The van der Waals surface area contributed by atoms with Crippen molar-refractivity contribution >= 4 is 0 Å². The third-order valence-corrected chi connectivity index (χ3v) is 2.95. The molecule has 0 aliphatic heterocycles. The van der Waals surface area contributed by atoms with Crippen LogP contribution in [0.25, 0.3) is 0 Å². The maximum atomic E-state index is 13.2. The van der Waals surface area contributed by atoms with Crippen molar-refractivity contribution < 1.29 is 9.13 Å². The summed E-state index contributed by atoms with van der Waals surface area (Å²) in [6.07, 6.45) is 1.00. The van der Waals surface area contributed by atoms with Gasteiger partial charge in [0, 0.05) is 12.1 Å². The van der Waals surface area contributed by atoms with Crippen LogP contribution in [0, 0.1) is 5.82 Å². The van der Waals surface area contributed by atoms with Crippen LogP contribution in [0.4, 0.5) is 4.39 Å². The fourth-order valence-electron chi connectivity index (χ4n) is 1.90. The van der Waals surface area contributed by atoms with Crippen LogP contribution in [0.3, 0.4) is 0 Å². The summed E-state index contributed by atoms with van der Waals surface area (Å²) < 4.78 is 19.0. The highest BCUT2D eigenvalue weighted by molar-refractivity contribution is 5.39. The Bertz CT molecular complexity index is 537. The fraction of sp³-hybridized carbons (Fsp3) is 0.250. The van der Waals surface area contributed by atoms with Gasteiger partial charge in [-0.25, -0.2) is 4.39 Å². The molecule has 0 heterocycles. The van der Waals surface area contributed by atoms with Crippen molar-refractivity contribution in [1.29, 1.82) is 0 Å². The number of rotatable bonds is 5. The number of hydrogen-bond donors (Lipinski definition) is 1. The molecule has 2 aromatic rings. The average molecular weight is 259 g/mol. The summed E-state index contributed by atoms with van der Waals surface area (Å²) in [4.78, 5) is 0. The topological polar surface area (TPSA) is 21.3 Å². The third-order valence-electron chi connectivity index (χ3n) is 2.95. The molecule has 0 radical (unpaired) electrons. The van der Waals surface area contributed by atoms with Crippen LogP contribution in [-0.4, -0.2) is 7.05 Å². The van der Waals surface area contributed by atoms with E-state index in [1.807, 2.05) is 31.3 Å². The van der Waals surface area contributed by atoms with E-state index in [1.54, 1.807) is 6.07 Å². The van der Waals surface area contributed by atoms with Crippen LogP contribution in [0.2, 0.25) is 0 Å². The van der Waals surface area contributed by atoms with E-state index in [0.717, 1.165) is 17.7 Å². The lowest BCUT2D eigenvalue weighted by Crippen LogP contribution is -2.06. The molecule has 0 unspecified atom stereocenters. The largest absolute Gasteiger partial charge is 0.457 e. The Morgan fingerprint density at radius 2 is 1.84 bits per heavy atom. The van der Waals surface area contributed by atoms with Crippen molar-refractivity contribution in [3.8, 4) is 11.5 Å². The number of hydrogen-bond acceptors (Lipinski definition) is 2. The molecule has 0 saturated heterocycles. The highest BCUT2D eigenvalue weighted by Crippen LogP contribution is 2.26. The summed E-state index contributed by atoms with van der Waals surface area (Å²) in [7, 11) is 1.82. The number of benzene rings is 2. The fourth-order valence-corrected chi connectivity index (χ4v) is 1.90. The molecular formula is C16H18FNO. The van der Waals surface area contributed by atoms with Gasteiger partial charge in [0.05, 0.1) is 0 Å². The lowest BCUT2D eigenvalue weighted by molar-refractivity contribution is 0.471. The molecule has 0 amide bonds. The molecule has 0 aliphatic carbocycles. The smallest absolute Gasteiger partial charge is 0.132 e. The van der Waals surface area contributed by atoms with E-state index in [9.17, 15) is 4.39 Å². The normalized spacial score (nSPS) is 10.5. The van der Waals surface area contributed by atoms with Crippen LogP contribution in [-0.2, 0) is 13.0 Å². The van der Waals surface area contributed by atoms with Gasteiger partial charge in [0.1, 0.15) is 17.3 Å². The standard InChI is InChI=1S/C16H18FNO/c1-3-12-4-7-15(8-5-12)19-16-9-6-14(17)10-13(16)11-18-2/h4-10,18H,3,11H2,1-2H3. The maximum absolute atomic E-state index is 13.2. The molecule has 0 fully saturated rings. The predicted octanol–water partition coefficient (Wildman–Crippen LogP) is 3.90. The molecule has 0 bridgehead atoms. The summed E-state index contributed by atoms with van der Waals surface area (Å²) in [6.45, 7) is 2.68. The molecule has 3 heteroatoms. The summed E-state index contributed by atoms with van der Waals surface area (Å²) in [5, 5.41) is 3.01. The Morgan fingerprint density at radius 1 is 1.11 bits per heavy atom. The Balaban J connectivity index is 2.21. The van der Waals surface area contributed by atoms with E-state index in [1.165, 1.54) is 17.7 Å². The number of nitrogens with one attached hydrogen (secondary N) is 1. The molecule has 2 rings (SSSR count). The van der Waals surface area contributed by atoms with Crippen LogP contribution >= 0.6 is 0 Å². The summed E-state index contributed by atoms with van der Waals surface area (Å²) in [6, 6.07) is 12.5. The Labute approximate surface area is 113 Å². The molecule has 2 nitrogen and oxygen atoms in total. The van der Waals surface area contributed by atoms with Crippen LogP contribution in [0.15, 0.2) is 42.5 Å². The lowest BCUT2D eigenvalue weighted by atomic mass is 10.1. The van der Waals surface area contributed by atoms with Gasteiger partial charge in [0.2, 0.25) is 0 Å². The van der Waals surface area contributed by atoms with Gasteiger partial charge in [-0.3, -0.25) is 0 Å². The summed E-state index contributed by atoms with van der Waals surface area (Å²) in [5.74, 6) is 1.19. The van der Waals surface area contributed by atoms with Gasteiger partial charge in [-0.1, -0.05) is 19.1 Å². The SMILES string of the molecule is CCc1ccc(Oc2ccc(F)cc2CNC)cc1. The predicted molar refractivity (Wildman–Crippen MR) is 75.1 cm³/mol. The van der Waals surface area contributed by atoms with Gasteiger partial charge in [-0.05, 0) is 49.4 Å². The van der Waals surface area contributed by atoms with Gasteiger partial charge in [0.15, 0.2) is 0 Å². The highest BCUT2D eigenvalue weighted by Gasteiger charge is 2.06. The maximum Gasteiger partial charge on any atom is 0.132 e. The molecule has 0 spiro atoms. The second-order valence-electron chi connectivity index (χ2n) is 4.38. The zero-order valence-corrected chi connectivity index (χ0v) is 11.2. The lowest BCUT2D eigenvalue weighted by Gasteiger charge is -2.11. The summed E-state index contributed by atoms with van der Waals surface area (Å²) in [5.41, 5.74) is 2.07. The van der Waals surface area contributed by atoms with Gasteiger partial charge < -0.3 is 10.1 Å². The molecule has 1 N–H and O–H groups in total. The van der Waals surface area contributed by atoms with Crippen molar-refractivity contribution in [3.63, 3.8) is 0 Å². The number of ether oxygens (including phenoxy) is 1. The van der Waals surface area contributed by atoms with Crippen LogP contribution in [0.1, 0.15) is 18.1 Å². The van der Waals surface area contributed by atoms with Crippen LogP contribution in [0.5, 0.6) is 11.5 Å². The Morgan fingerprint density at radius 3 is 2.47 bits per heavy atom. The van der Waals surface area contributed by atoms with Gasteiger partial charge in [-0.15, -0.1) is 0 Å². The van der Waals surface area contributed by atoms with E-state index in [0.29, 0.717) is 12.3 Å². The molecule has 0 aliphatic rings. The zero-order chi connectivity index (χ0) is 13.7. The minimum Gasteiger partial charge on any atom is -0.457 e. The Hall–Kier alpha value is -1.87. The monoisotopic (exact) mass is 259 g/mol. The third kappa shape index (κ3) is 3.55. The molecule has 2 aromatic carbocycles. The second-order valence-corrected chi connectivity index (χ2v) is 4.38. The molecule has 0 atom stereocenters. The first-order valence-corrected chi connectivity index (χ1v) is 6.42. The van der Waals surface area contributed by atoms with E-state index in [-0.39, 0.29) is 5.82 Å². The molecule has 19 heavy (non-hydrogen) atoms. The highest BCUT2D eigenvalue weighted by atomic mass is 19.1. The zero-order valence-electron chi connectivity index (χ0n) is 11.2. The first kappa shape index (κ1) is 13.6. The van der Waals surface area contributed by atoms with Crippen molar-refractivity contribution in [2.45, 2.75) is 19.9 Å². The first-order chi connectivity index (χ1) is 9.22. The number of aryl methyl sites for hydroxylation is 1. The van der Waals surface area contributed by atoms with E-state index in [4.69, 9.17) is 4.74 Å². The molecule has 0 saturated carbocycles. The Kier molecular flexibility index (Phi) is 4.53. The minimum absolute atomic E-state index is 0.251. The van der Waals surface area contributed by atoms with E-state index < -0.39 is 0 Å². The van der Waals surface area contributed by atoms with E-state index >= 15 is 0 Å². The quantitative estimate of drug-likeness (QED) is 0.879. The molecular weight excluding hydrogens is 241 g/mol. The second kappa shape index (κ2) is 6.34. The van der Waals surface area contributed by atoms with Crippen molar-refractivity contribution in [2.75, 3.05) is 7.05 Å². The average Bonchev–Trinajstić information content (AvgIpc) is 2.43.